The van der Waals surface area contributed by atoms with Crippen molar-refractivity contribution in [2.45, 2.75) is 27.7 Å². The highest BCUT2D eigenvalue weighted by atomic mass is 35.5. The van der Waals surface area contributed by atoms with Crippen molar-refractivity contribution in [3.05, 3.63) is 51.5 Å². The molecule has 2 aromatic rings. The van der Waals surface area contributed by atoms with Gasteiger partial charge in [-0.15, -0.1) is 0 Å². The second kappa shape index (κ2) is 9.99. The molecule has 1 N–H and O–H groups in total. The van der Waals surface area contributed by atoms with E-state index in [0.717, 1.165) is 22.4 Å². The van der Waals surface area contributed by atoms with Gasteiger partial charge in [0.05, 0.1) is 25.0 Å². The van der Waals surface area contributed by atoms with Crippen LogP contribution in [0.25, 0.3) is 0 Å². The summed E-state index contributed by atoms with van der Waals surface area (Å²) in [5, 5.41) is 7.10. The van der Waals surface area contributed by atoms with Crippen molar-refractivity contribution in [3.63, 3.8) is 0 Å². The molecule has 0 bridgehead atoms. The molecule has 0 aromatic heterocycles. The minimum absolute atomic E-state index is 0.203. The molecule has 0 aliphatic carbocycles. The van der Waals surface area contributed by atoms with Gasteiger partial charge in [0.2, 0.25) is 0 Å². The molecule has 0 heterocycles. The number of carbonyl (C=O) groups excluding carboxylic acids is 1. The Balaban J connectivity index is 1.97. The minimum Gasteiger partial charge on any atom is -0.493 e. The largest absolute Gasteiger partial charge is 0.493 e. The van der Waals surface area contributed by atoms with E-state index in [4.69, 9.17) is 25.9 Å². The van der Waals surface area contributed by atoms with E-state index in [1.54, 1.807) is 12.1 Å². The fourth-order valence-electron chi connectivity index (χ4n) is 2.85. The Bertz CT molecular complexity index is 858. The molecule has 7 heteroatoms. The third-order valence-electron chi connectivity index (χ3n) is 3.95. The second-order valence-corrected chi connectivity index (χ2v) is 6.70. The first-order valence-electron chi connectivity index (χ1n) is 8.89. The maximum absolute atomic E-state index is 12.1. The fraction of sp³-hybridized carbons (Fsp3) is 0.333. The van der Waals surface area contributed by atoms with Gasteiger partial charge in [0.25, 0.3) is 5.91 Å². The molecule has 0 unspecified atom stereocenters. The Labute approximate surface area is 170 Å². The Kier molecular flexibility index (Phi) is 7.70. The van der Waals surface area contributed by atoms with Gasteiger partial charge in [-0.1, -0.05) is 34.5 Å². The Morgan fingerprint density at radius 1 is 1.18 bits per heavy atom. The zero-order valence-corrected chi connectivity index (χ0v) is 17.5. The summed E-state index contributed by atoms with van der Waals surface area (Å²) < 4.78 is 10.8. The third kappa shape index (κ3) is 5.63. The molecule has 6 nitrogen and oxygen atoms in total. The van der Waals surface area contributed by atoms with E-state index >= 15 is 0 Å². The Morgan fingerprint density at radius 3 is 2.46 bits per heavy atom. The molecule has 0 aliphatic rings. The molecule has 0 saturated carbocycles. The number of oxime groups is 1. The van der Waals surface area contributed by atoms with E-state index < -0.39 is 0 Å². The maximum atomic E-state index is 12.1. The van der Waals surface area contributed by atoms with Gasteiger partial charge in [0, 0.05) is 11.3 Å². The lowest BCUT2D eigenvalue weighted by atomic mass is 10.1. The van der Waals surface area contributed by atoms with Crippen LogP contribution in [-0.2, 0) is 9.63 Å². The molecule has 150 valence electrons. The van der Waals surface area contributed by atoms with E-state index in [1.807, 2.05) is 39.8 Å². The normalized spacial score (nSPS) is 10.8. The summed E-state index contributed by atoms with van der Waals surface area (Å²) in [6.45, 7) is 8.07. The summed E-state index contributed by atoms with van der Waals surface area (Å²) in [5.41, 5.74) is 4.62. The molecule has 2 aromatic carbocycles. The number of anilines is 1. The molecule has 28 heavy (non-hydrogen) atoms. The summed E-state index contributed by atoms with van der Waals surface area (Å²) in [6, 6.07) is 7.44. The number of hydrogen-bond acceptors (Lipinski definition) is 5. The maximum Gasteiger partial charge on any atom is 0.265 e. The van der Waals surface area contributed by atoms with E-state index in [-0.39, 0.29) is 12.5 Å². The van der Waals surface area contributed by atoms with Gasteiger partial charge in [-0.2, -0.15) is 0 Å². The molecule has 0 saturated heterocycles. The standard InChI is InChI=1S/C21H25ClN2O4/c1-6-27-21-17(22)9-16(10-18(21)26-5)11-23-28-12-19(25)24-20-14(3)7-13(2)8-15(20)4/h7-11H,6,12H2,1-5H3,(H,24,25)/b23-11-. The number of rotatable bonds is 8. The van der Waals surface area contributed by atoms with Crippen LogP contribution in [0.5, 0.6) is 11.5 Å². The van der Waals surface area contributed by atoms with Crippen LogP contribution >= 0.6 is 11.6 Å². The van der Waals surface area contributed by atoms with Crippen LogP contribution in [0.15, 0.2) is 29.4 Å². The number of aryl methyl sites for hydroxylation is 3. The molecule has 1 amide bonds. The first kappa shape index (κ1) is 21.6. The summed E-state index contributed by atoms with van der Waals surface area (Å²) in [7, 11) is 1.53. The lowest BCUT2D eigenvalue weighted by Crippen LogP contribution is -2.18. The van der Waals surface area contributed by atoms with Crippen molar-refractivity contribution in [2.24, 2.45) is 5.16 Å². The topological polar surface area (TPSA) is 69.2 Å². The van der Waals surface area contributed by atoms with Crippen LogP contribution < -0.4 is 14.8 Å². The predicted octanol–water partition coefficient (Wildman–Crippen LogP) is 4.66. The van der Waals surface area contributed by atoms with Gasteiger partial charge in [-0.05, 0) is 51.0 Å². The first-order chi connectivity index (χ1) is 13.3. The Morgan fingerprint density at radius 2 is 1.86 bits per heavy atom. The van der Waals surface area contributed by atoms with E-state index in [1.165, 1.54) is 13.3 Å². The molecular weight excluding hydrogens is 380 g/mol. The average molecular weight is 405 g/mol. The predicted molar refractivity (Wildman–Crippen MR) is 112 cm³/mol. The van der Waals surface area contributed by atoms with Crippen molar-refractivity contribution >= 4 is 29.4 Å². The number of hydrogen-bond donors (Lipinski definition) is 1. The zero-order chi connectivity index (χ0) is 20.7. The minimum atomic E-state index is -0.283. The summed E-state index contributed by atoms with van der Waals surface area (Å²) in [5.74, 6) is 0.696. The number of carbonyl (C=O) groups is 1. The van der Waals surface area contributed by atoms with Crippen LogP contribution in [0.3, 0.4) is 0 Å². The quantitative estimate of drug-likeness (QED) is 0.513. The van der Waals surface area contributed by atoms with E-state index in [0.29, 0.717) is 28.7 Å². The molecule has 0 spiro atoms. The monoisotopic (exact) mass is 404 g/mol. The molecule has 2 rings (SSSR count). The number of ether oxygens (including phenoxy) is 2. The van der Waals surface area contributed by atoms with Crippen molar-refractivity contribution in [2.75, 3.05) is 25.6 Å². The molecular formula is C21H25ClN2O4. The van der Waals surface area contributed by atoms with Crippen molar-refractivity contribution < 1.29 is 19.1 Å². The van der Waals surface area contributed by atoms with Crippen LogP contribution in [-0.4, -0.2) is 32.4 Å². The van der Waals surface area contributed by atoms with Crippen molar-refractivity contribution in [1.29, 1.82) is 0 Å². The SMILES string of the molecule is CCOc1c(Cl)cc(/C=N\OCC(=O)Nc2c(C)cc(C)cc2C)cc1OC. The van der Waals surface area contributed by atoms with Crippen LogP contribution in [0, 0.1) is 20.8 Å². The molecule has 0 aliphatic heterocycles. The van der Waals surface area contributed by atoms with E-state index in [9.17, 15) is 4.79 Å². The van der Waals surface area contributed by atoms with Crippen LogP contribution in [0.4, 0.5) is 5.69 Å². The molecule has 0 fully saturated rings. The van der Waals surface area contributed by atoms with Gasteiger partial charge in [-0.3, -0.25) is 4.79 Å². The average Bonchev–Trinajstić information content (AvgIpc) is 2.63. The lowest BCUT2D eigenvalue weighted by molar-refractivity contribution is -0.120. The number of nitrogens with one attached hydrogen (secondary N) is 1. The Hall–Kier alpha value is -2.73. The van der Waals surface area contributed by atoms with Gasteiger partial charge >= 0.3 is 0 Å². The summed E-state index contributed by atoms with van der Waals surface area (Å²) >= 11 is 6.21. The number of nitrogens with zero attached hydrogens (tertiary/aromatic N) is 1. The summed E-state index contributed by atoms with van der Waals surface area (Å²) in [6.07, 6.45) is 1.46. The summed E-state index contributed by atoms with van der Waals surface area (Å²) in [4.78, 5) is 17.2. The van der Waals surface area contributed by atoms with Gasteiger partial charge in [-0.25, -0.2) is 0 Å². The lowest BCUT2D eigenvalue weighted by Gasteiger charge is -2.12. The highest BCUT2D eigenvalue weighted by Gasteiger charge is 2.11. The van der Waals surface area contributed by atoms with Gasteiger partial charge in [0.15, 0.2) is 18.1 Å². The zero-order valence-electron chi connectivity index (χ0n) is 16.8. The molecule has 0 radical (unpaired) electrons. The number of methoxy groups -OCH3 is 1. The van der Waals surface area contributed by atoms with Gasteiger partial charge < -0.3 is 19.6 Å². The number of halogens is 1. The fourth-order valence-corrected chi connectivity index (χ4v) is 3.12. The third-order valence-corrected chi connectivity index (χ3v) is 4.23. The second-order valence-electron chi connectivity index (χ2n) is 6.30. The highest BCUT2D eigenvalue weighted by molar-refractivity contribution is 6.32. The number of amides is 1. The van der Waals surface area contributed by atoms with Crippen molar-refractivity contribution in [1.82, 2.24) is 0 Å². The first-order valence-corrected chi connectivity index (χ1v) is 9.26. The number of benzene rings is 2. The molecule has 0 atom stereocenters. The smallest absolute Gasteiger partial charge is 0.265 e. The highest BCUT2D eigenvalue weighted by Crippen LogP contribution is 2.36. The van der Waals surface area contributed by atoms with Gasteiger partial charge in [0.1, 0.15) is 0 Å². The van der Waals surface area contributed by atoms with Crippen LogP contribution in [0.2, 0.25) is 5.02 Å². The van der Waals surface area contributed by atoms with Crippen molar-refractivity contribution in [3.8, 4) is 11.5 Å². The van der Waals surface area contributed by atoms with E-state index in [2.05, 4.69) is 10.5 Å². The van der Waals surface area contributed by atoms with Crippen LogP contribution in [0.1, 0.15) is 29.2 Å².